The molecular formula is C17H13Cl3N4O3. The van der Waals surface area contributed by atoms with Crippen molar-refractivity contribution < 1.29 is 14.2 Å². The summed E-state index contributed by atoms with van der Waals surface area (Å²) in [6.45, 7) is 3.33. The quantitative estimate of drug-likeness (QED) is 0.338. The lowest BCUT2D eigenvalue weighted by Gasteiger charge is -2.05. The van der Waals surface area contributed by atoms with Gasteiger partial charge in [0.15, 0.2) is 0 Å². The molecule has 0 spiro atoms. The van der Waals surface area contributed by atoms with Crippen LogP contribution >= 0.6 is 34.8 Å². The van der Waals surface area contributed by atoms with Crippen LogP contribution < -0.4 is 0 Å². The fourth-order valence-electron chi connectivity index (χ4n) is 2.47. The topological polar surface area (TPSA) is 82.5 Å². The van der Waals surface area contributed by atoms with Gasteiger partial charge in [-0.05, 0) is 26.0 Å². The molecular weight excluding hydrogens is 415 g/mol. The largest absolute Gasteiger partial charge is 0.371 e. The summed E-state index contributed by atoms with van der Waals surface area (Å²) in [6.07, 6.45) is 1.31. The van der Waals surface area contributed by atoms with Crippen molar-refractivity contribution in [2.45, 2.75) is 13.8 Å². The maximum Gasteiger partial charge on any atom is 0.371 e. The van der Waals surface area contributed by atoms with E-state index in [-0.39, 0.29) is 17.0 Å². The van der Waals surface area contributed by atoms with Crippen molar-refractivity contribution in [1.82, 2.24) is 14.9 Å². The third-order valence-corrected chi connectivity index (χ3v) is 4.86. The van der Waals surface area contributed by atoms with Gasteiger partial charge in [0, 0.05) is 12.6 Å². The second kappa shape index (κ2) is 7.72. The summed E-state index contributed by atoms with van der Waals surface area (Å²) in [5.41, 5.74) is 1.82. The molecule has 3 aromatic rings. The summed E-state index contributed by atoms with van der Waals surface area (Å²) in [7, 11) is 1.69. The molecule has 1 aromatic carbocycles. The Balaban J connectivity index is 1.90. The first-order valence-corrected chi connectivity index (χ1v) is 8.79. The van der Waals surface area contributed by atoms with Crippen LogP contribution in [0.5, 0.6) is 0 Å². The van der Waals surface area contributed by atoms with E-state index in [4.69, 9.17) is 44.2 Å². The molecule has 0 atom stereocenters. The number of carbonyl (C=O) groups excluding carboxylic acids is 1. The first-order chi connectivity index (χ1) is 12.8. The predicted octanol–water partition coefficient (Wildman–Crippen LogP) is 4.84. The van der Waals surface area contributed by atoms with Gasteiger partial charge in [0.05, 0.1) is 27.5 Å². The number of benzene rings is 1. The zero-order chi connectivity index (χ0) is 19.7. The van der Waals surface area contributed by atoms with E-state index in [9.17, 15) is 4.79 Å². The molecule has 0 unspecified atom stereocenters. The molecule has 0 bridgehead atoms. The van der Waals surface area contributed by atoms with Crippen molar-refractivity contribution in [3.05, 3.63) is 56.0 Å². The van der Waals surface area contributed by atoms with E-state index < -0.39 is 5.97 Å². The van der Waals surface area contributed by atoms with Gasteiger partial charge in [0.25, 0.3) is 0 Å². The highest BCUT2D eigenvalue weighted by atomic mass is 35.5. The van der Waals surface area contributed by atoms with Crippen molar-refractivity contribution in [3.8, 4) is 11.3 Å². The predicted molar refractivity (Wildman–Crippen MR) is 103 cm³/mol. The standard InChI is InChI=1S/C17H13Cl3N4O3/c1-8-10(16(20)24(3)22-8)7-21-27-17(25)13-9(2)26-23-15(13)14-11(18)5-4-6-12(14)19/h4-7H,1-3H3/b21-7+. The van der Waals surface area contributed by atoms with E-state index in [2.05, 4.69) is 15.4 Å². The van der Waals surface area contributed by atoms with E-state index in [1.54, 1.807) is 39.1 Å². The van der Waals surface area contributed by atoms with Gasteiger partial charge >= 0.3 is 5.97 Å². The molecule has 0 aliphatic rings. The molecule has 3 rings (SSSR count). The van der Waals surface area contributed by atoms with Crippen molar-refractivity contribution in [2.75, 3.05) is 0 Å². The first kappa shape index (κ1) is 19.4. The van der Waals surface area contributed by atoms with Gasteiger partial charge < -0.3 is 9.36 Å². The van der Waals surface area contributed by atoms with Gasteiger partial charge in [0.1, 0.15) is 22.2 Å². The molecule has 7 nitrogen and oxygen atoms in total. The van der Waals surface area contributed by atoms with Crippen molar-refractivity contribution in [1.29, 1.82) is 0 Å². The summed E-state index contributed by atoms with van der Waals surface area (Å²) in [5, 5.41) is 12.8. The Morgan fingerprint density at radius 3 is 2.52 bits per heavy atom. The molecule has 27 heavy (non-hydrogen) atoms. The second-order valence-electron chi connectivity index (χ2n) is 5.59. The average Bonchev–Trinajstić information content (AvgIpc) is 3.09. The highest BCUT2D eigenvalue weighted by Crippen LogP contribution is 2.37. The van der Waals surface area contributed by atoms with Crippen LogP contribution in [0, 0.1) is 13.8 Å². The lowest BCUT2D eigenvalue weighted by Crippen LogP contribution is -2.04. The summed E-state index contributed by atoms with van der Waals surface area (Å²) in [6, 6.07) is 4.95. The smallest absolute Gasteiger partial charge is 0.360 e. The zero-order valence-corrected chi connectivity index (χ0v) is 16.7. The van der Waals surface area contributed by atoms with Crippen LogP contribution in [0.3, 0.4) is 0 Å². The number of aryl methyl sites for hydroxylation is 3. The van der Waals surface area contributed by atoms with E-state index in [1.165, 1.54) is 10.9 Å². The highest BCUT2D eigenvalue weighted by Gasteiger charge is 2.26. The molecule has 2 aromatic heterocycles. The number of oxime groups is 1. The van der Waals surface area contributed by atoms with Crippen molar-refractivity contribution in [3.63, 3.8) is 0 Å². The molecule has 0 aliphatic heterocycles. The molecule has 0 saturated carbocycles. The van der Waals surface area contributed by atoms with Crippen molar-refractivity contribution >= 4 is 47.0 Å². The Morgan fingerprint density at radius 1 is 1.26 bits per heavy atom. The monoisotopic (exact) mass is 426 g/mol. The van der Waals surface area contributed by atoms with Gasteiger partial charge in [-0.15, -0.1) is 0 Å². The van der Waals surface area contributed by atoms with Gasteiger partial charge in [0.2, 0.25) is 0 Å². The summed E-state index contributed by atoms with van der Waals surface area (Å²) in [4.78, 5) is 17.5. The Bertz CT molecular complexity index is 1040. The third-order valence-electron chi connectivity index (χ3n) is 3.78. The number of aromatic nitrogens is 3. The molecule has 0 radical (unpaired) electrons. The average molecular weight is 428 g/mol. The Kier molecular flexibility index (Phi) is 5.55. The maximum atomic E-state index is 12.5. The minimum Gasteiger partial charge on any atom is -0.360 e. The second-order valence-corrected chi connectivity index (χ2v) is 6.76. The minimum absolute atomic E-state index is 0.0798. The van der Waals surface area contributed by atoms with Gasteiger partial charge in [-0.2, -0.15) is 5.10 Å². The van der Waals surface area contributed by atoms with E-state index in [0.29, 0.717) is 32.0 Å². The Morgan fingerprint density at radius 2 is 1.93 bits per heavy atom. The molecule has 140 valence electrons. The molecule has 0 amide bonds. The maximum absolute atomic E-state index is 12.5. The fraction of sp³-hybridized carbons (Fsp3) is 0.176. The van der Waals surface area contributed by atoms with Crippen LogP contribution in [-0.2, 0) is 11.9 Å². The van der Waals surface area contributed by atoms with E-state index >= 15 is 0 Å². The molecule has 0 N–H and O–H groups in total. The lowest BCUT2D eigenvalue weighted by atomic mass is 10.1. The SMILES string of the molecule is Cc1nn(C)c(Cl)c1/C=N/OC(=O)c1c(-c2c(Cl)cccc2Cl)noc1C. The number of carbonyl (C=O) groups is 1. The Labute approximate surface area is 169 Å². The molecule has 2 heterocycles. The number of hydrogen-bond donors (Lipinski definition) is 0. The van der Waals surface area contributed by atoms with Gasteiger partial charge in [-0.3, -0.25) is 4.68 Å². The zero-order valence-electron chi connectivity index (χ0n) is 14.5. The minimum atomic E-state index is -0.770. The van der Waals surface area contributed by atoms with Crippen LogP contribution in [-0.4, -0.2) is 27.1 Å². The van der Waals surface area contributed by atoms with Crippen molar-refractivity contribution in [2.24, 2.45) is 12.2 Å². The van der Waals surface area contributed by atoms with Crippen LogP contribution in [0.2, 0.25) is 15.2 Å². The van der Waals surface area contributed by atoms with E-state index in [1.807, 2.05) is 0 Å². The normalized spacial score (nSPS) is 11.3. The lowest BCUT2D eigenvalue weighted by molar-refractivity contribution is 0.0518. The fourth-order valence-corrected chi connectivity index (χ4v) is 3.27. The first-order valence-electron chi connectivity index (χ1n) is 7.65. The molecule has 10 heteroatoms. The van der Waals surface area contributed by atoms with Gasteiger partial charge in [-0.25, -0.2) is 4.79 Å². The van der Waals surface area contributed by atoms with E-state index in [0.717, 1.165) is 0 Å². The van der Waals surface area contributed by atoms with Crippen LogP contribution in [0.4, 0.5) is 0 Å². The number of hydrogen-bond acceptors (Lipinski definition) is 6. The summed E-state index contributed by atoms with van der Waals surface area (Å²) >= 11 is 18.5. The molecule has 0 fully saturated rings. The summed E-state index contributed by atoms with van der Waals surface area (Å²) in [5.74, 6) is -0.523. The molecule has 0 saturated heterocycles. The van der Waals surface area contributed by atoms with Crippen LogP contribution in [0.15, 0.2) is 27.9 Å². The third kappa shape index (κ3) is 3.71. The molecule has 0 aliphatic carbocycles. The highest BCUT2D eigenvalue weighted by molar-refractivity contribution is 6.39. The number of halogens is 3. The van der Waals surface area contributed by atoms with Crippen LogP contribution in [0.1, 0.15) is 27.4 Å². The number of rotatable bonds is 4. The van der Waals surface area contributed by atoms with Gasteiger partial charge in [-0.1, -0.05) is 51.2 Å². The number of nitrogens with zero attached hydrogens (tertiary/aromatic N) is 4. The Hall–Kier alpha value is -2.35. The van der Waals surface area contributed by atoms with Crippen LogP contribution in [0.25, 0.3) is 11.3 Å². The summed E-state index contributed by atoms with van der Waals surface area (Å²) < 4.78 is 6.62.